The van der Waals surface area contributed by atoms with E-state index < -0.39 is 23.6 Å². The molecule has 0 saturated carbocycles. The third kappa shape index (κ3) is 3.95. The summed E-state index contributed by atoms with van der Waals surface area (Å²) in [5.41, 5.74) is -1.88. The van der Waals surface area contributed by atoms with Gasteiger partial charge >= 0.3 is 12.4 Å². The van der Waals surface area contributed by atoms with Gasteiger partial charge in [-0.2, -0.15) is 31.4 Å². The van der Waals surface area contributed by atoms with E-state index >= 15 is 0 Å². The number of thiophene rings is 1. The molecule has 3 nitrogen and oxygen atoms in total. The molecule has 0 amide bonds. The van der Waals surface area contributed by atoms with E-state index in [0.717, 1.165) is 28.2 Å². The number of hydrogen-bond donors (Lipinski definition) is 0. The van der Waals surface area contributed by atoms with Crippen LogP contribution in [0.2, 0.25) is 0 Å². The van der Waals surface area contributed by atoms with Gasteiger partial charge in [-0.3, -0.25) is 0 Å². The molecule has 3 heterocycles. The molecule has 0 aliphatic rings. The Bertz CT molecular complexity index is 1160. The highest BCUT2D eigenvalue weighted by Gasteiger charge is 2.36. The third-order valence-corrected chi connectivity index (χ3v) is 5.09. The van der Waals surface area contributed by atoms with E-state index in [9.17, 15) is 26.3 Å². The minimum atomic E-state index is -4.76. The van der Waals surface area contributed by atoms with Crippen LogP contribution in [0.4, 0.5) is 26.3 Å². The average molecular weight is 439 g/mol. The van der Waals surface area contributed by atoms with Crippen molar-refractivity contribution in [2.75, 3.05) is 0 Å². The second-order valence-electron chi connectivity index (χ2n) is 6.26. The van der Waals surface area contributed by atoms with E-state index in [1.165, 1.54) is 0 Å². The number of benzene rings is 1. The topological polar surface area (TPSA) is 30.7 Å². The fraction of sp³-hybridized carbons (Fsp3) is 0.100. The largest absolute Gasteiger partial charge is 0.435 e. The first-order valence-electron chi connectivity index (χ1n) is 8.49. The first-order chi connectivity index (χ1) is 14.1. The molecule has 0 aliphatic heterocycles. The number of hydrogen-bond acceptors (Lipinski definition) is 3. The van der Waals surface area contributed by atoms with Crippen LogP contribution in [0.3, 0.4) is 0 Å². The Morgan fingerprint density at radius 1 is 0.800 bits per heavy atom. The van der Waals surface area contributed by atoms with Crippen LogP contribution in [0, 0.1) is 0 Å². The molecule has 0 atom stereocenters. The van der Waals surface area contributed by atoms with Gasteiger partial charge in [-0.15, -0.1) is 11.3 Å². The number of aromatic nitrogens is 3. The second kappa shape index (κ2) is 7.28. The van der Waals surface area contributed by atoms with Crippen molar-refractivity contribution in [2.45, 2.75) is 12.4 Å². The summed E-state index contributed by atoms with van der Waals surface area (Å²) in [6, 6.07) is 13.6. The van der Waals surface area contributed by atoms with Crippen molar-refractivity contribution < 1.29 is 26.3 Å². The molecular weight excluding hydrogens is 428 g/mol. The summed E-state index contributed by atoms with van der Waals surface area (Å²) in [6.07, 6.45) is -9.48. The summed E-state index contributed by atoms with van der Waals surface area (Å²) < 4.78 is 81.2. The Labute approximate surface area is 170 Å². The molecular formula is C20H11F6N3S. The molecule has 154 valence electrons. The molecule has 30 heavy (non-hydrogen) atoms. The molecule has 10 heteroatoms. The van der Waals surface area contributed by atoms with Crippen LogP contribution in [0.5, 0.6) is 0 Å². The molecule has 0 saturated heterocycles. The number of alkyl halides is 6. The van der Waals surface area contributed by atoms with Crippen LogP contribution in [0.1, 0.15) is 11.3 Å². The van der Waals surface area contributed by atoms with Crippen LogP contribution in [0.25, 0.3) is 27.6 Å². The highest BCUT2D eigenvalue weighted by molar-refractivity contribution is 7.13. The van der Waals surface area contributed by atoms with Crippen molar-refractivity contribution in [2.24, 2.45) is 0 Å². The van der Waals surface area contributed by atoms with Gasteiger partial charge < -0.3 is 0 Å². The molecule has 4 aromatic rings. The van der Waals surface area contributed by atoms with Crippen LogP contribution in [0.15, 0.2) is 66.0 Å². The zero-order chi connectivity index (χ0) is 21.5. The summed E-state index contributed by atoms with van der Waals surface area (Å²) in [5, 5.41) is 5.18. The van der Waals surface area contributed by atoms with E-state index in [4.69, 9.17) is 0 Å². The van der Waals surface area contributed by atoms with E-state index in [2.05, 4.69) is 10.1 Å². The number of halogens is 6. The first-order valence-corrected chi connectivity index (χ1v) is 9.37. The SMILES string of the molecule is FC(F)(F)c1cc(-c2ccccc2)nc(-n2nc(C(F)(F)F)cc2-c2cccs2)c1. The van der Waals surface area contributed by atoms with Crippen molar-refractivity contribution in [1.29, 1.82) is 0 Å². The van der Waals surface area contributed by atoms with E-state index in [1.807, 2.05) is 0 Å². The molecule has 0 unspecified atom stereocenters. The molecule has 0 N–H and O–H groups in total. The quantitative estimate of drug-likeness (QED) is 0.333. The lowest BCUT2D eigenvalue weighted by Crippen LogP contribution is -2.11. The smallest absolute Gasteiger partial charge is 0.229 e. The highest BCUT2D eigenvalue weighted by Crippen LogP contribution is 2.37. The molecule has 0 spiro atoms. The number of nitrogens with zero attached hydrogens (tertiary/aromatic N) is 3. The van der Waals surface area contributed by atoms with Crippen LogP contribution in [-0.4, -0.2) is 14.8 Å². The summed E-state index contributed by atoms with van der Waals surface area (Å²) in [4.78, 5) is 4.61. The maximum atomic E-state index is 13.5. The summed E-state index contributed by atoms with van der Waals surface area (Å²) in [5.74, 6) is -0.359. The minimum absolute atomic E-state index is 0.00293. The molecule has 4 rings (SSSR count). The lowest BCUT2D eigenvalue weighted by atomic mass is 10.1. The number of pyridine rings is 1. The molecule has 0 bridgehead atoms. The van der Waals surface area contributed by atoms with E-state index in [-0.39, 0.29) is 17.2 Å². The maximum absolute atomic E-state index is 13.5. The van der Waals surface area contributed by atoms with Crippen LogP contribution in [-0.2, 0) is 12.4 Å². The normalized spacial score (nSPS) is 12.3. The second-order valence-corrected chi connectivity index (χ2v) is 7.21. The third-order valence-electron chi connectivity index (χ3n) is 4.20. The van der Waals surface area contributed by atoms with Crippen molar-refractivity contribution in [3.8, 4) is 27.6 Å². The van der Waals surface area contributed by atoms with Crippen molar-refractivity contribution in [3.63, 3.8) is 0 Å². The molecule has 1 aromatic carbocycles. The standard InChI is InChI=1S/C20H11F6N3S/c21-19(22,23)13-9-14(12-5-2-1-3-6-12)27-18(10-13)29-15(16-7-4-8-30-16)11-17(28-29)20(24,25)26/h1-11H. The van der Waals surface area contributed by atoms with Gasteiger partial charge in [-0.1, -0.05) is 36.4 Å². The monoisotopic (exact) mass is 439 g/mol. The Morgan fingerprint density at radius 3 is 2.13 bits per heavy atom. The highest BCUT2D eigenvalue weighted by atomic mass is 32.1. The lowest BCUT2D eigenvalue weighted by Gasteiger charge is -2.13. The first kappa shape index (κ1) is 20.1. The van der Waals surface area contributed by atoms with Crippen LogP contribution >= 0.6 is 11.3 Å². The Morgan fingerprint density at radius 2 is 1.53 bits per heavy atom. The van der Waals surface area contributed by atoms with E-state index in [1.54, 1.807) is 47.8 Å². The van der Waals surface area contributed by atoms with Crippen molar-refractivity contribution >= 4 is 11.3 Å². The summed E-state index contributed by atoms with van der Waals surface area (Å²) in [7, 11) is 0. The summed E-state index contributed by atoms with van der Waals surface area (Å²) >= 11 is 1.14. The fourth-order valence-electron chi connectivity index (χ4n) is 2.84. The zero-order valence-corrected chi connectivity index (χ0v) is 15.7. The Hall–Kier alpha value is -3.14. The van der Waals surface area contributed by atoms with Crippen molar-refractivity contribution in [1.82, 2.24) is 14.8 Å². The van der Waals surface area contributed by atoms with Gasteiger partial charge in [0.05, 0.1) is 21.8 Å². The van der Waals surface area contributed by atoms with Crippen LogP contribution < -0.4 is 0 Å². The van der Waals surface area contributed by atoms with Gasteiger partial charge in [0.1, 0.15) is 0 Å². The Kier molecular flexibility index (Phi) is 4.89. The van der Waals surface area contributed by atoms with Gasteiger partial charge in [0, 0.05) is 5.56 Å². The van der Waals surface area contributed by atoms with E-state index in [0.29, 0.717) is 16.5 Å². The predicted octanol–water partition coefficient (Wildman–Crippen LogP) is 6.70. The molecule has 3 aromatic heterocycles. The predicted molar refractivity (Wildman–Crippen MR) is 100 cm³/mol. The fourth-order valence-corrected chi connectivity index (χ4v) is 3.57. The van der Waals surface area contributed by atoms with Gasteiger partial charge in [0.2, 0.25) is 0 Å². The van der Waals surface area contributed by atoms with Gasteiger partial charge in [0.15, 0.2) is 11.5 Å². The zero-order valence-electron chi connectivity index (χ0n) is 14.9. The average Bonchev–Trinajstić information content (AvgIpc) is 3.37. The van der Waals surface area contributed by atoms with Gasteiger partial charge in [-0.25, -0.2) is 9.67 Å². The van der Waals surface area contributed by atoms with Gasteiger partial charge in [0.25, 0.3) is 0 Å². The lowest BCUT2D eigenvalue weighted by molar-refractivity contribution is -0.141. The summed E-state index contributed by atoms with van der Waals surface area (Å²) in [6.45, 7) is 0. The Balaban J connectivity index is 1.97. The molecule has 0 radical (unpaired) electrons. The number of rotatable bonds is 3. The van der Waals surface area contributed by atoms with Crippen molar-refractivity contribution in [3.05, 3.63) is 77.3 Å². The van der Waals surface area contributed by atoms with Gasteiger partial charge in [-0.05, 0) is 29.6 Å². The maximum Gasteiger partial charge on any atom is 0.435 e. The molecule has 0 fully saturated rings. The minimum Gasteiger partial charge on any atom is -0.229 e. The molecule has 0 aliphatic carbocycles.